The van der Waals surface area contributed by atoms with E-state index in [0.717, 1.165) is 30.8 Å². The number of hydrogen-bond acceptors (Lipinski definition) is 5. The number of nitrogens with one attached hydrogen (secondary N) is 2. The van der Waals surface area contributed by atoms with E-state index in [1.165, 1.54) is 0 Å². The van der Waals surface area contributed by atoms with Crippen LogP contribution in [-0.2, 0) is 9.53 Å². The maximum Gasteiger partial charge on any atom is 0.262 e. The zero-order valence-corrected chi connectivity index (χ0v) is 18.0. The SMILES string of the molecule is COCC1(CNC(=O)C(C(C)C)N2C(=O)c3ccccc3C2=O)CCNCC1.Cl. The molecule has 29 heavy (non-hydrogen) atoms. The molecule has 0 spiro atoms. The number of amides is 3. The fourth-order valence-electron chi connectivity index (χ4n) is 4.19. The van der Waals surface area contributed by atoms with Gasteiger partial charge < -0.3 is 15.4 Å². The summed E-state index contributed by atoms with van der Waals surface area (Å²) >= 11 is 0. The lowest BCUT2D eigenvalue weighted by molar-refractivity contribution is -0.127. The van der Waals surface area contributed by atoms with Gasteiger partial charge in [0.05, 0.1) is 17.7 Å². The maximum absolute atomic E-state index is 13.1. The van der Waals surface area contributed by atoms with Crippen molar-refractivity contribution in [3.05, 3.63) is 35.4 Å². The standard InChI is InChI=1S/C21H29N3O4.ClH/c1-14(2)17(24-19(26)15-6-4-5-7-16(15)20(24)27)18(25)23-12-21(13-28-3)8-10-22-11-9-21;/h4-7,14,17,22H,8-13H2,1-3H3,(H,23,25);1H. The lowest BCUT2D eigenvalue weighted by Crippen LogP contribution is -2.55. The van der Waals surface area contributed by atoms with E-state index in [1.54, 1.807) is 31.4 Å². The average Bonchev–Trinajstić information content (AvgIpc) is 2.93. The fraction of sp³-hybridized carbons (Fsp3) is 0.571. The minimum Gasteiger partial charge on any atom is -0.384 e. The van der Waals surface area contributed by atoms with Crippen LogP contribution in [-0.4, -0.2) is 62.0 Å². The molecule has 0 bridgehead atoms. The molecule has 7 nitrogen and oxygen atoms in total. The highest BCUT2D eigenvalue weighted by Crippen LogP contribution is 2.30. The van der Waals surface area contributed by atoms with E-state index in [0.29, 0.717) is 24.3 Å². The Morgan fingerprint density at radius 2 is 1.72 bits per heavy atom. The van der Waals surface area contributed by atoms with Gasteiger partial charge in [-0.15, -0.1) is 12.4 Å². The fourth-order valence-corrected chi connectivity index (χ4v) is 4.19. The Morgan fingerprint density at radius 1 is 1.17 bits per heavy atom. The lowest BCUT2D eigenvalue weighted by atomic mass is 9.79. The number of piperidine rings is 1. The van der Waals surface area contributed by atoms with Gasteiger partial charge in [0, 0.05) is 19.1 Å². The van der Waals surface area contributed by atoms with Crippen molar-refractivity contribution in [2.75, 3.05) is 33.4 Å². The largest absolute Gasteiger partial charge is 0.384 e. The van der Waals surface area contributed by atoms with Crippen molar-refractivity contribution in [3.8, 4) is 0 Å². The van der Waals surface area contributed by atoms with E-state index in [9.17, 15) is 14.4 Å². The monoisotopic (exact) mass is 423 g/mol. The number of hydrogen-bond donors (Lipinski definition) is 2. The normalized spacial score (nSPS) is 19.0. The Morgan fingerprint density at radius 3 is 2.21 bits per heavy atom. The summed E-state index contributed by atoms with van der Waals surface area (Å²) in [7, 11) is 1.67. The van der Waals surface area contributed by atoms with Gasteiger partial charge in [0.15, 0.2) is 0 Å². The highest BCUT2D eigenvalue weighted by molar-refractivity contribution is 6.22. The van der Waals surface area contributed by atoms with E-state index < -0.39 is 17.9 Å². The van der Waals surface area contributed by atoms with Crippen molar-refractivity contribution in [2.45, 2.75) is 32.7 Å². The molecule has 1 saturated heterocycles. The van der Waals surface area contributed by atoms with Gasteiger partial charge in [0.25, 0.3) is 11.8 Å². The molecule has 3 rings (SSSR count). The quantitative estimate of drug-likeness (QED) is 0.653. The molecule has 2 aliphatic heterocycles. The molecule has 1 aromatic rings. The molecule has 0 saturated carbocycles. The zero-order valence-electron chi connectivity index (χ0n) is 17.2. The predicted octanol–water partition coefficient (Wildman–Crippen LogP) is 1.86. The number of carbonyl (C=O) groups excluding carboxylic acids is 3. The van der Waals surface area contributed by atoms with Gasteiger partial charge in [-0.25, -0.2) is 0 Å². The summed E-state index contributed by atoms with van der Waals surface area (Å²) in [6.45, 7) is 6.49. The van der Waals surface area contributed by atoms with Crippen molar-refractivity contribution < 1.29 is 19.1 Å². The number of halogens is 1. The molecule has 3 amide bonds. The van der Waals surface area contributed by atoms with Crippen LogP contribution in [0.5, 0.6) is 0 Å². The second-order valence-corrected chi connectivity index (χ2v) is 8.12. The van der Waals surface area contributed by atoms with Crippen molar-refractivity contribution >= 4 is 30.1 Å². The van der Waals surface area contributed by atoms with Gasteiger partial charge >= 0.3 is 0 Å². The Kier molecular flexibility index (Phi) is 7.80. The first-order valence-corrected chi connectivity index (χ1v) is 9.84. The highest BCUT2D eigenvalue weighted by atomic mass is 35.5. The first-order chi connectivity index (χ1) is 13.4. The molecule has 2 heterocycles. The minimum absolute atomic E-state index is 0. The van der Waals surface area contributed by atoms with Crippen LogP contribution in [0.3, 0.4) is 0 Å². The summed E-state index contributed by atoms with van der Waals surface area (Å²) in [6, 6.07) is 5.88. The molecule has 1 atom stereocenters. The zero-order chi connectivity index (χ0) is 20.3. The van der Waals surface area contributed by atoms with Gasteiger partial charge in [-0.2, -0.15) is 0 Å². The van der Waals surface area contributed by atoms with Crippen LogP contribution in [0.15, 0.2) is 24.3 Å². The van der Waals surface area contributed by atoms with Crippen LogP contribution in [0, 0.1) is 11.3 Å². The van der Waals surface area contributed by atoms with Gasteiger partial charge in [-0.1, -0.05) is 26.0 Å². The summed E-state index contributed by atoms with van der Waals surface area (Å²) < 4.78 is 5.40. The lowest BCUT2D eigenvalue weighted by Gasteiger charge is -2.38. The first-order valence-electron chi connectivity index (χ1n) is 9.84. The van der Waals surface area contributed by atoms with Crippen LogP contribution >= 0.6 is 12.4 Å². The van der Waals surface area contributed by atoms with Gasteiger partial charge in [-0.05, 0) is 44.0 Å². The third-order valence-corrected chi connectivity index (χ3v) is 5.76. The van der Waals surface area contributed by atoms with E-state index >= 15 is 0 Å². The molecule has 2 N–H and O–H groups in total. The van der Waals surface area contributed by atoms with Gasteiger partial charge in [0.1, 0.15) is 6.04 Å². The third kappa shape index (κ3) is 4.63. The number of benzene rings is 1. The summed E-state index contributed by atoms with van der Waals surface area (Å²) in [5, 5.41) is 6.34. The Bertz CT molecular complexity index is 722. The highest BCUT2D eigenvalue weighted by Gasteiger charge is 2.44. The van der Waals surface area contributed by atoms with Crippen molar-refractivity contribution in [2.24, 2.45) is 11.3 Å². The van der Waals surface area contributed by atoms with E-state index in [1.807, 2.05) is 13.8 Å². The third-order valence-electron chi connectivity index (χ3n) is 5.76. The molecule has 1 aromatic carbocycles. The predicted molar refractivity (Wildman–Crippen MR) is 112 cm³/mol. The molecule has 8 heteroatoms. The smallest absolute Gasteiger partial charge is 0.262 e. The molecule has 1 fully saturated rings. The van der Waals surface area contributed by atoms with Crippen LogP contribution in [0.4, 0.5) is 0 Å². The van der Waals surface area contributed by atoms with E-state index in [2.05, 4.69) is 10.6 Å². The molecule has 0 aliphatic carbocycles. The number of methoxy groups -OCH3 is 1. The number of nitrogens with zero attached hydrogens (tertiary/aromatic N) is 1. The molecular weight excluding hydrogens is 394 g/mol. The summed E-state index contributed by atoms with van der Waals surface area (Å²) in [5.41, 5.74) is 0.597. The summed E-state index contributed by atoms with van der Waals surface area (Å²) in [6.07, 6.45) is 1.81. The Labute approximate surface area is 178 Å². The Hall–Kier alpha value is -1.96. The number of imide groups is 1. The number of carbonyl (C=O) groups is 3. The molecule has 1 unspecified atom stereocenters. The number of ether oxygens (including phenoxy) is 1. The van der Waals surface area contributed by atoms with Crippen LogP contribution in [0.25, 0.3) is 0 Å². The first kappa shape index (κ1) is 23.3. The van der Waals surface area contributed by atoms with Crippen LogP contribution < -0.4 is 10.6 Å². The van der Waals surface area contributed by atoms with Crippen molar-refractivity contribution in [1.29, 1.82) is 0 Å². The number of rotatable bonds is 7. The molecule has 0 aromatic heterocycles. The summed E-state index contributed by atoms with van der Waals surface area (Å²) in [4.78, 5) is 39.9. The Balaban J connectivity index is 0.00000300. The van der Waals surface area contributed by atoms with Crippen LogP contribution in [0.2, 0.25) is 0 Å². The summed E-state index contributed by atoms with van der Waals surface area (Å²) in [5.74, 6) is -1.29. The average molecular weight is 424 g/mol. The van der Waals surface area contributed by atoms with Crippen LogP contribution in [0.1, 0.15) is 47.4 Å². The molecule has 2 aliphatic rings. The van der Waals surface area contributed by atoms with E-state index in [4.69, 9.17) is 4.74 Å². The molecule has 160 valence electrons. The minimum atomic E-state index is -0.839. The van der Waals surface area contributed by atoms with Crippen molar-refractivity contribution in [1.82, 2.24) is 15.5 Å². The van der Waals surface area contributed by atoms with Gasteiger partial charge in [-0.3, -0.25) is 19.3 Å². The van der Waals surface area contributed by atoms with E-state index in [-0.39, 0.29) is 29.6 Å². The van der Waals surface area contributed by atoms with Gasteiger partial charge in [0.2, 0.25) is 5.91 Å². The van der Waals surface area contributed by atoms with Crippen molar-refractivity contribution in [3.63, 3.8) is 0 Å². The molecular formula is C21H30ClN3O4. The second-order valence-electron chi connectivity index (χ2n) is 8.12. The maximum atomic E-state index is 13.1. The topological polar surface area (TPSA) is 87.7 Å². The molecule has 0 radical (unpaired) electrons. The number of fused-ring (bicyclic) bond motifs is 1. The second kappa shape index (κ2) is 9.69.